The lowest BCUT2D eigenvalue weighted by atomic mass is 9.71. The average molecular weight is 376 g/mol. The maximum Gasteiger partial charge on any atom is 0.207 e. The Morgan fingerprint density at radius 2 is 1.29 bits per heavy atom. The van der Waals surface area contributed by atoms with Gasteiger partial charge >= 0.3 is 0 Å². The van der Waals surface area contributed by atoms with E-state index in [0.29, 0.717) is 17.3 Å². The van der Waals surface area contributed by atoms with Crippen molar-refractivity contribution in [1.82, 2.24) is 5.32 Å². The van der Waals surface area contributed by atoms with Gasteiger partial charge in [0.2, 0.25) is 6.41 Å². The lowest BCUT2D eigenvalue weighted by molar-refractivity contribution is -0.110. The molecule has 1 saturated carbocycles. The molecule has 4 nitrogen and oxygen atoms in total. The molecule has 3 N–H and O–H groups in total. The Morgan fingerprint density at radius 1 is 0.821 bits per heavy atom. The van der Waals surface area contributed by atoms with Gasteiger partial charge in [-0.15, -0.1) is 0 Å². The van der Waals surface area contributed by atoms with Gasteiger partial charge < -0.3 is 16.1 Å². The van der Waals surface area contributed by atoms with Crippen LogP contribution in [0.2, 0.25) is 0 Å². The van der Waals surface area contributed by atoms with Gasteiger partial charge in [0.25, 0.3) is 0 Å². The summed E-state index contributed by atoms with van der Waals surface area (Å²) < 4.78 is 0. The number of benzene rings is 2. The number of carbonyl (C=O) groups excluding carboxylic acids is 1. The number of carbonyl (C=O) groups is 1. The zero-order valence-electron chi connectivity index (χ0n) is 16.4. The van der Waals surface area contributed by atoms with E-state index >= 15 is 0 Å². The molecule has 0 spiro atoms. The number of rotatable bonds is 6. The van der Waals surface area contributed by atoms with Crippen molar-refractivity contribution in [3.63, 3.8) is 0 Å². The maximum atomic E-state index is 11.0. The van der Waals surface area contributed by atoms with Crippen molar-refractivity contribution in [3.05, 3.63) is 71.8 Å². The highest BCUT2D eigenvalue weighted by Gasteiger charge is 2.34. The van der Waals surface area contributed by atoms with E-state index in [1.807, 2.05) is 60.7 Å². The van der Waals surface area contributed by atoms with E-state index in [1.165, 1.54) is 0 Å². The largest absolute Gasteiger partial charge is 0.356 e. The third-order valence-corrected chi connectivity index (χ3v) is 6.09. The van der Waals surface area contributed by atoms with Crippen LogP contribution in [0.25, 0.3) is 0 Å². The first kappa shape index (κ1) is 20.0. The molecular formula is C24H29N3O. The molecular weight excluding hydrogens is 346 g/mol. The molecule has 2 aromatic rings. The van der Waals surface area contributed by atoms with Crippen molar-refractivity contribution in [2.75, 3.05) is 0 Å². The second-order valence-corrected chi connectivity index (χ2v) is 7.80. The van der Waals surface area contributed by atoms with Crippen molar-refractivity contribution in [2.24, 2.45) is 17.8 Å². The van der Waals surface area contributed by atoms with Crippen LogP contribution in [0, 0.1) is 28.6 Å². The molecule has 1 aliphatic carbocycles. The van der Waals surface area contributed by atoms with E-state index in [2.05, 4.69) is 12.2 Å². The second kappa shape index (κ2) is 9.45. The first-order chi connectivity index (χ1) is 13.6. The van der Waals surface area contributed by atoms with E-state index in [1.54, 1.807) is 0 Å². The van der Waals surface area contributed by atoms with Crippen molar-refractivity contribution in [3.8, 4) is 0 Å². The molecule has 3 rings (SSSR count). The summed E-state index contributed by atoms with van der Waals surface area (Å²) in [6, 6.07) is 19.9. The van der Waals surface area contributed by atoms with E-state index < -0.39 is 0 Å². The van der Waals surface area contributed by atoms with Gasteiger partial charge in [-0.25, -0.2) is 0 Å². The molecule has 4 heteroatoms. The minimum Gasteiger partial charge on any atom is -0.356 e. The maximum absolute atomic E-state index is 11.0. The molecule has 0 aromatic heterocycles. The standard InChI is InChI=1S/C24H29N3O/c1-17-12-13-20(23(25)18-8-4-2-5-9-18)21(14-15-22(17)27-16-28)24(26)19-10-6-3-7-11-19/h2-11,16-17,20-22,25-26H,12-15H2,1H3,(H,27,28). The molecule has 0 heterocycles. The monoisotopic (exact) mass is 375 g/mol. The zero-order valence-corrected chi connectivity index (χ0v) is 16.4. The summed E-state index contributed by atoms with van der Waals surface area (Å²) in [4.78, 5) is 11.0. The third-order valence-electron chi connectivity index (χ3n) is 6.09. The van der Waals surface area contributed by atoms with Crippen LogP contribution in [0.1, 0.15) is 43.7 Å². The molecule has 2 aromatic carbocycles. The molecule has 1 fully saturated rings. The Labute approximate surface area is 167 Å². The molecule has 0 bridgehead atoms. The van der Waals surface area contributed by atoms with Crippen LogP contribution in [-0.2, 0) is 4.79 Å². The van der Waals surface area contributed by atoms with E-state index in [-0.39, 0.29) is 17.9 Å². The average Bonchev–Trinajstić information content (AvgIpc) is 2.74. The summed E-state index contributed by atoms with van der Waals surface area (Å²) in [5, 5.41) is 20.8. The summed E-state index contributed by atoms with van der Waals surface area (Å²) in [6.45, 7) is 2.17. The van der Waals surface area contributed by atoms with Crippen LogP contribution >= 0.6 is 0 Å². The number of nitrogens with one attached hydrogen (secondary N) is 3. The lowest BCUT2D eigenvalue weighted by Gasteiger charge is -2.35. The summed E-state index contributed by atoms with van der Waals surface area (Å²) in [5.74, 6) is 0.344. The van der Waals surface area contributed by atoms with Crippen molar-refractivity contribution in [1.29, 1.82) is 10.8 Å². The molecule has 28 heavy (non-hydrogen) atoms. The fourth-order valence-electron chi connectivity index (χ4n) is 4.38. The molecule has 1 aliphatic rings. The Kier molecular flexibility index (Phi) is 6.75. The van der Waals surface area contributed by atoms with Gasteiger partial charge in [-0.2, -0.15) is 0 Å². The second-order valence-electron chi connectivity index (χ2n) is 7.80. The van der Waals surface area contributed by atoms with Crippen molar-refractivity contribution >= 4 is 17.8 Å². The SMILES string of the molecule is CC1CCC(C(=N)c2ccccc2)C(C(=N)c2ccccc2)CCC1NC=O. The van der Waals surface area contributed by atoms with Crippen LogP contribution < -0.4 is 5.32 Å². The fourth-order valence-corrected chi connectivity index (χ4v) is 4.38. The molecule has 4 atom stereocenters. The highest BCUT2D eigenvalue weighted by atomic mass is 16.1. The Hall–Kier alpha value is -2.75. The predicted molar refractivity (Wildman–Crippen MR) is 114 cm³/mol. The highest BCUT2D eigenvalue weighted by molar-refractivity contribution is 6.06. The predicted octanol–water partition coefficient (Wildman–Crippen LogP) is 4.68. The van der Waals surface area contributed by atoms with Crippen LogP contribution in [0.15, 0.2) is 60.7 Å². The molecule has 146 valence electrons. The highest BCUT2D eigenvalue weighted by Crippen LogP contribution is 2.35. The molecule has 4 unspecified atom stereocenters. The summed E-state index contributed by atoms with van der Waals surface area (Å²) in [6.07, 6.45) is 4.21. The van der Waals surface area contributed by atoms with Gasteiger partial charge in [0, 0.05) is 29.3 Å². The third kappa shape index (κ3) is 4.56. The Bertz CT molecular complexity index is 803. The first-order valence-electron chi connectivity index (χ1n) is 10.1. The Morgan fingerprint density at radius 3 is 1.75 bits per heavy atom. The van der Waals surface area contributed by atoms with Gasteiger partial charge in [-0.3, -0.25) is 4.79 Å². The zero-order chi connectivity index (χ0) is 19.9. The number of hydrogen-bond donors (Lipinski definition) is 3. The Balaban J connectivity index is 1.92. The quantitative estimate of drug-likeness (QED) is 0.497. The summed E-state index contributed by atoms with van der Waals surface area (Å²) in [7, 11) is 0. The van der Waals surface area contributed by atoms with Crippen LogP contribution in [0.5, 0.6) is 0 Å². The van der Waals surface area contributed by atoms with Gasteiger partial charge in [0.05, 0.1) is 0 Å². The van der Waals surface area contributed by atoms with Crippen LogP contribution in [0.3, 0.4) is 0 Å². The summed E-state index contributed by atoms with van der Waals surface area (Å²) in [5.41, 5.74) is 3.09. The lowest BCUT2D eigenvalue weighted by Crippen LogP contribution is -2.40. The van der Waals surface area contributed by atoms with Gasteiger partial charge in [0.1, 0.15) is 0 Å². The minimum atomic E-state index is -0.0291. The van der Waals surface area contributed by atoms with Crippen molar-refractivity contribution in [2.45, 2.75) is 38.6 Å². The minimum absolute atomic E-state index is 0.00902. The van der Waals surface area contributed by atoms with Crippen molar-refractivity contribution < 1.29 is 4.79 Å². The summed E-state index contributed by atoms with van der Waals surface area (Å²) >= 11 is 0. The van der Waals surface area contributed by atoms with Gasteiger partial charge in [-0.05, 0) is 42.7 Å². The number of hydrogen-bond acceptors (Lipinski definition) is 3. The van der Waals surface area contributed by atoms with E-state index in [4.69, 9.17) is 10.8 Å². The van der Waals surface area contributed by atoms with Gasteiger partial charge in [-0.1, -0.05) is 67.6 Å². The topological polar surface area (TPSA) is 76.8 Å². The molecule has 0 aliphatic heterocycles. The molecule has 0 saturated heterocycles. The van der Waals surface area contributed by atoms with Crippen LogP contribution in [-0.4, -0.2) is 23.9 Å². The normalized spacial score (nSPS) is 25.2. The van der Waals surface area contributed by atoms with E-state index in [0.717, 1.165) is 43.2 Å². The molecule has 0 radical (unpaired) electrons. The molecule has 1 amide bonds. The van der Waals surface area contributed by atoms with Gasteiger partial charge in [0.15, 0.2) is 0 Å². The fraction of sp³-hybridized carbons (Fsp3) is 0.375. The first-order valence-corrected chi connectivity index (χ1v) is 10.1. The smallest absolute Gasteiger partial charge is 0.207 e. The van der Waals surface area contributed by atoms with Crippen LogP contribution in [0.4, 0.5) is 0 Å². The number of amides is 1. The van der Waals surface area contributed by atoms with E-state index in [9.17, 15) is 4.79 Å².